The van der Waals surface area contributed by atoms with Crippen molar-refractivity contribution in [1.82, 2.24) is 9.97 Å². The molecule has 0 saturated carbocycles. The van der Waals surface area contributed by atoms with Crippen LogP contribution in [0.15, 0.2) is 36.7 Å². The smallest absolute Gasteiger partial charge is 0.410 e. The van der Waals surface area contributed by atoms with Crippen molar-refractivity contribution in [3.8, 4) is 11.1 Å². The molecule has 0 aliphatic heterocycles. The molecule has 2 rings (SSSR count). The number of hydrogen-bond acceptors (Lipinski definition) is 4. The fourth-order valence-corrected chi connectivity index (χ4v) is 1.42. The molecule has 0 saturated heterocycles. The lowest BCUT2D eigenvalue weighted by Crippen LogP contribution is -2.08. The molecular weight excluding hydrogens is 220 g/mol. The van der Waals surface area contributed by atoms with E-state index in [2.05, 4.69) is 15.3 Å². The van der Waals surface area contributed by atoms with Crippen molar-refractivity contribution in [2.45, 2.75) is 0 Å². The summed E-state index contributed by atoms with van der Waals surface area (Å²) in [4.78, 5) is 18.3. The molecule has 1 amide bonds. The summed E-state index contributed by atoms with van der Waals surface area (Å²) in [5.74, 6) is 0.678. The molecular formula is C11H10N4O2. The van der Waals surface area contributed by atoms with Crippen LogP contribution in [0.4, 0.5) is 16.4 Å². The first-order chi connectivity index (χ1) is 8.15. The monoisotopic (exact) mass is 230 g/mol. The van der Waals surface area contributed by atoms with E-state index in [1.165, 1.54) is 6.20 Å². The van der Waals surface area contributed by atoms with Crippen LogP contribution in [0.5, 0.6) is 0 Å². The highest BCUT2D eigenvalue weighted by Gasteiger charge is 2.03. The average molecular weight is 230 g/mol. The number of nitrogens with two attached hydrogens (primary N) is 1. The van der Waals surface area contributed by atoms with Gasteiger partial charge in [-0.3, -0.25) is 5.32 Å². The molecule has 0 bridgehead atoms. The van der Waals surface area contributed by atoms with Gasteiger partial charge in [-0.05, 0) is 35.4 Å². The standard InChI is InChI=1S/C11H10N4O2/c12-9-5-7(1-3-13-9)8-2-4-14-10(6-8)15-11(16)17/h1-6H,(H2,12,13)(H,14,15)(H,16,17). The Hall–Kier alpha value is -2.63. The quantitative estimate of drug-likeness (QED) is 0.730. The van der Waals surface area contributed by atoms with Gasteiger partial charge in [0.25, 0.3) is 0 Å². The Morgan fingerprint density at radius 1 is 1.18 bits per heavy atom. The molecule has 17 heavy (non-hydrogen) atoms. The largest absolute Gasteiger partial charge is 0.465 e. The number of carbonyl (C=O) groups is 1. The minimum Gasteiger partial charge on any atom is -0.465 e. The van der Waals surface area contributed by atoms with E-state index >= 15 is 0 Å². The second-order valence-electron chi connectivity index (χ2n) is 3.33. The molecule has 2 aromatic rings. The van der Waals surface area contributed by atoms with Gasteiger partial charge in [-0.15, -0.1) is 0 Å². The number of aromatic nitrogens is 2. The summed E-state index contributed by atoms with van der Waals surface area (Å²) >= 11 is 0. The number of nitrogen functional groups attached to an aromatic ring is 1. The zero-order valence-corrected chi connectivity index (χ0v) is 8.79. The van der Waals surface area contributed by atoms with Gasteiger partial charge in [-0.25, -0.2) is 14.8 Å². The van der Waals surface area contributed by atoms with Crippen LogP contribution in [0.25, 0.3) is 11.1 Å². The molecule has 4 N–H and O–H groups in total. The molecule has 6 nitrogen and oxygen atoms in total. The van der Waals surface area contributed by atoms with Gasteiger partial charge in [0.15, 0.2) is 0 Å². The number of amides is 1. The van der Waals surface area contributed by atoms with Crippen LogP contribution in [0, 0.1) is 0 Å². The summed E-state index contributed by atoms with van der Waals surface area (Å²) < 4.78 is 0. The first-order valence-electron chi connectivity index (χ1n) is 4.83. The molecule has 0 radical (unpaired) electrons. The minimum absolute atomic E-state index is 0.269. The average Bonchev–Trinajstić information content (AvgIpc) is 2.28. The highest BCUT2D eigenvalue weighted by Crippen LogP contribution is 2.21. The Kier molecular flexibility index (Phi) is 2.87. The van der Waals surface area contributed by atoms with Crippen molar-refractivity contribution in [3.05, 3.63) is 36.7 Å². The third kappa shape index (κ3) is 2.69. The number of rotatable bonds is 2. The first-order valence-corrected chi connectivity index (χ1v) is 4.83. The second kappa shape index (κ2) is 4.48. The van der Waals surface area contributed by atoms with Crippen LogP contribution in [0.2, 0.25) is 0 Å². The predicted molar refractivity (Wildman–Crippen MR) is 63.5 cm³/mol. The van der Waals surface area contributed by atoms with Crippen LogP contribution in [0.3, 0.4) is 0 Å². The molecule has 0 atom stereocenters. The lowest BCUT2D eigenvalue weighted by molar-refractivity contribution is 0.209. The maximum absolute atomic E-state index is 10.5. The van der Waals surface area contributed by atoms with Gasteiger partial charge in [0, 0.05) is 12.4 Å². The number of anilines is 2. The van der Waals surface area contributed by atoms with Crippen molar-refractivity contribution in [2.24, 2.45) is 0 Å². The normalized spacial score (nSPS) is 9.88. The summed E-state index contributed by atoms with van der Waals surface area (Å²) in [6.07, 6.45) is 1.97. The summed E-state index contributed by atoms with van der Waals surface area (Å²) in [5, 5.41) is 10.8. The molecule has 0 spiro atoms. The third-order valence-electron chi connectivity index (χ3n) is 2.11. The van der Waals surface area contributed by atoms with Crippen molar-refractivity contribution >= 4 is 17.7 Å². The third-order valence-corrected chi connectivity index (χ3v) is 2.11. The molecule has 0 fully saturated rings. The van der Waals surface area contributed by atoms with Crippen LogP contribution < -0.4 is 11.1 Å². The van der Waals surface area contributed by atoms with Gasteiger partial charge in [0.1, 0.15) is 11.6 Å². The zero-order valence-electron chi connectivity index (χ0n) is 8.79. The van der Waals surface area contributed by atoms with Crippen molar-refractivity contribution in [3.63, 3.8) is 0 Å². The van der Waals surface area contributed by atoms with Crippen LogP contribution in [0.1, 0.15) is 0 Å². The summed E-state index contributed by atoms with van der Waals surface area (Å²) in [5.41, 5.74) is 7.25. The van der Waals surface area contributed by atoms with Crippen molar-refractivity contribution in [1.29, 1.82) is 0 Å². The van der Waals surface area contributed by atoms with Crippen LogP contribution >= 0.6 is 0 Å². The van der Waals surface area contributed by atoms with Gasteiger partial charge < -0.3 is 10.8 Å². The maximum Gasteiger partial charge on any atom is 0.410 e. The fourth-order valence-electron chi connectivity index (χ4n) is 1.42. The Morgan fingerprint density at radius 3 is 2.47 bits per heavy atom. The van der Waals surface area contributed by atoms with Gasteiger partial charge >= 0.3 is 6.09 Å². The van der Waals surface area contributed by atoms with E-state index < -0.39 is 6.09 Å². The van der Waals surface area contributed by atoms with Gasteiger partial charge in [0.05, 0.1) is 0 Å². The van der Waals surface area contributed by atoms with Crippen LogP contribution in [-0.4, -0.2) is 21.2 Å². The van der Waals surface area contributed by atoms with Gasteiger partial charge in [-0.2, -0.15) is 0 Å². The Labute approximate surface area is 97.1 Å². The topological polar surface area (TPSA) is 101 Å². The highest BCUT2D eigenvalue weighted by atomic mass is 16.4. The van der Waals surface area contributed by atoms with E-state index in [9.17, 15) is 4.79 Å². The van der Waals surface area contributed by atoms with Gasteiger partial charge in [-0.1, -0.05) is 0 Å². The molecule has 86 valence electrons. The zero-order chi connectivity index (χ0) is 12.3. The van der Waals surface area contributed by atoms with E-state index in [1.54, 1.807) is 30.5 Å². The Bertz CT molecular complexity index is 557. The molecule has 6 heteroatoms. The van der Waals surface area contributed by atoms with E-state index in [1.807, 2.05) is 0 Å². The Morgan fingerprint density at radius 2 is 1.82 bits per heavy atom. The molecule has 0 aliphatic rings. The number of hydrogen-bond donors (Lipinski definition) is 3. The highest BCUT2D eigenvalue weighted by molar-refractivity contribution is 5.82. The fraction of sp³-hybridized carbons (Fsp3) is 0. The number of carboxylic acid groups (broad SMARTS) is 1. The summed E-state index contributed by atoms with van der Waals surface area (Å²) in [6, 6.07) is 6.89. The maximum atomic E-state index is 10.5. The molecule has 0 aliphatic carbocycles. The lowest BCUT2D eigenvalue weighted by Gasteiger charge is -2.04. The number of nitrogens with zero attached hydrogens (tertiary/aromatic N) is 2. The van der Waals surface area contributed by atoms with E-state index in [4.69, 9.17) is 10.8 Å². The number of pyridine rings is 2. The van der Waals surface area contributed by atoms with E-state index in [-0.39, 0.29) is 5.82 Å². The lowest BCUT2D eigenvalue weighted by atomic mass is 10.1. The second-order valence-corrected chi connectivity index (χ2v) is 3.33. The van der Waals surface area contributed by atoms with E-state index in [0.717, 1.165) is 11.1 Å². The van der Waals surface area contributed by atoms with Crippen molar-refractivity contribution in [2.75, 3.05) is 11.1 Å². The SMILES string of the molecule is Nc1cc(-c2ccnc(NC(=O)O)c2)ccn1. The first kappa shape index (κ1) is 10.9. The number of nitrogens with one attached hydrogen (secondary N) is 1. The predicted octanol–water partition coefficient (Wildman–Crippen LogP) is 1.82. The molecule has 2 heterocycles. The summed E-state index contributed by atoms with van der Waals surface area (Å²) in [6.45, 7) is 0. The minimum atomic E-state index is -1.15. The van der Waals surface area contributed by atoms with Gasteiger partial charge in [0.2, 0.25) is 0 Å². The summed E-state index contributed by atoms with van der Waals surface area (Å²) in [7, 11) is 0. The molecule has 0 aromatic carbocycles. The molecule has 2 aromatic heterocycles. The molecule has 0 unspecified atom stereocenters. The van der Waals surface area contributed by atoms with Crippen molar-refractivity contribution < 1.29 is 9.90 Å². The van der Waals surface area contributed by atoms with Crippen LogP contribution in [-0.2, 0) is 0 Å². The van der Waals surface area contributed by atoms with E-state index in [0.29, 0.717) is 5.82 Å². The Balaban J connectivity index is 2.36.